The van der Waals surface area contributed by atoms with Crippen LogP contribution in [0.1, 0.15) is 21.5 Å². The van der Waals surface area contributed by atoms with E-state index < -0.39 is 0 Å². The van der Waals surface area contributed by atoms with E-state index in [0.717, 1.165) is 31.9 Å². The summed E-state index contributed by atoms with van der Waals surface area (Å²) in [7, 11) is 0. The zero-order valence-electron chi connectivity index (χ0n) is 15.3. The van der Waals surface area contributed by atoms with Gasteiger partial charge in [-0.3, -0.25) is 9.69 Å². The summed E-state index contributed by atoms with van der Waals surface area (Å²) >= 11 is 7.92. The Kier molecular flexibility index (Phi) is 6.12. The first kappa shape index (κ1) is 19.2. The first-order valence-electron chi connectivity index (χ1n) is 9.20. The van der Waals surface area contributed by atoms with E-state index in [-0.39, 0.29) is 17.7 Å². The predicted octanol–water partition coefficient (Wildman–Crippen LogP) is 4.46. The van der Waals surface area contributed by atoms with E-state index in [4.69, 9.17) is 20.8 Å². The van der Waals surface area contributed by atoms with Crippen LogP contribution in [-0.4, -0.2) is 43.7 Å². The average Bonchev–Trinajstić information content (AvgIpc) is 3.42. The van der Waals surface area contributed by atoms with Crippen LogP contribution in [0.4, 0.5) is 0 Å². The van der Waals surface area contributed by atoms with Crippen LogP contribution in [0, 0.1) is 0 Å². The van der Waals surface area contributed by atoms with Gasteiger partial charge in [0.05, 0.1) is 24.3 Å². The third-order valence-corrected chi connectivity index (χ3v) is 6.09. The van der Waals surface area contributed by atoms with Gasteiger partial charge >= 0.3 is 0 Å². The van der Waals surface area contributed by atoms with E-state index in [9.17, 15) is 4.79 Å². The highest BCUT2D eigenvalue weighted by molar-refractivity contribution is 7.10. The Morgan fingerprint density at radius 1 is 1.14 bits per heavy atom. The van der Waals surface area contributed by atoms with Crippen LogP contribution in [0.2, 0.25) is 5.02 Å². The number of carbonyl (C=O) groups excluding carboxylic acids is 1. The number of morpholine rings is 1. The number of halogens is 1. The number of amides is 1. The van der Waals surface area contributed by atoms with Crippen LogP contribution < -0.4 is 5.32 Å². The molecule has 0 spiro atoms. The average molecular weight is 417 g/mol. The lowest BCUT2D eigenvalue weighted by Crippen LogP contribution is -2.43. The van der Waals surface area contributed by atoms with Crippen LogP contribution >= 0.6 is 22.9 Å². The number of rotatable bonds is 6. The van der Waals surface area contributed by atoms with Gasteiger partial charge in [-0.05, 0) is 35.7 Å². The minimum Gasteiger partial charge on any atom is -0.451 e. The summed E-state index contributed by atoms with van der Waals surface area (Å²) in [5, 5.41) is 5.68. The number of nitrogens with one attached hydrogen (secondary N) is 1. The van der Waals surface area contributed by atoms with E-state index >= 15 is 0 Å². The van der Waals surface area contributed by atoms with Crippen molar-refractivity contribution in [2.75, 3.05) is 32.8 Å². The topological polar surface area (TPSA) is 54.7 Å². The number of furan rings is 1. The van der Waals surface area contributed by atoms with E-state index in [1.54, 1.807) is 29.5 Å². The number of benzene rings is 1. The second kappa shape index (κ2) is 8.92. The molecule has 1 N–H and O–H groups in total. The summed E-state index contributed by atoms with van der Waals surface area (Å²) in [4.78, 5) is 16.2. The maximum absolute atomic E-state index is 12.7. The third-order valence-electron chi connectivity index (χ3n) is 4.78. The highest BCUT2D eigenvalue weighted by Crippen LogP contribution is 2.29. The summed E-state index contributed by atoms with van der Waals surface area (Å²) in [5.41, 5.74) is 0.771. The number of nitrogens with zero attached hydrogens (tertiary/aromatic N) is 1. The molecule has 0 saturated carbocycles. The lowest BCUT2D eigenvalue weighted by atomic mass is 10.2. The molecule has 3 heterocycles. The smallest absolute Gasteiger partial charge is 0.287 e. The molecular formula is C21H21ClN2O3S. The SMILES string of the molecule is O=C(NCC(c1cccs1)N1CCOCC1)c1ccc(-c2ccccc2Cl)o1. The molecule has 0 bridgehead atoms. The second-order valence-electron chi connectivity index (χ2n) is 6.53. The number of hydrogen-bond acceptors (Lipinski definition) is 5. The lowest BCUT2D eigenvalue weighted by Gasteiger charge is -2.34. The number of thiophene rings is 1. The zero-order chi connectivity index (χ0) is 19.3. The fraction of sp³-hybridized carbons (Fsp3) is 0.286. The molecule has 1 atom stereocenters. The Bertz CT molecular complexity index is 919. The van der Waals surface area contributed by atoms with Crippen molar-refractivity contribution < 1.29 is 13.9 Å². The molecular weight excluding hydrogens is 396 g/mol. The van der Waals surface area contributed by atoms with Crippen molar-refractivity contribution in [2.45, 2.75) is 6.04 Å². The normalized spacial score (nSPS) is 16.0. The van der Waals surface area contributed by atoms with Gasteiger partial charge in [0.2, 0.25) is 0 Å². The van der Waals surface area contributed by atoms with Crippen molar-refractivity contribution in [3.8, 4) is 11.3 Å². The fourth-order valence-electron chi connectivity index (χ4n) is 3.32. The van der Waals surface area contributed by atoms with Gasteiger partial charge < -0.3 is 14.5 Å². The molecule has 0 aliphatic carbocycles. The van der Waals surface area contributed by atoms with Crippen molar-refractivity contribution in [3.63, 3.8) is 0 Å². The molecule has 2 aromatic heterocycles. The van der Waals surface area contributed by atoms with Crippen molar-refractivity contribution in [1.82, 2.24) is 10.2 Å². The van der Waals surface area contributed by atoms with Gasteiger partial charge in [-0.15, -0.1) is 11.3 Å². The van der Waals surface area contributed by atoms with E-state index in [1.807, 2.05) is 24.3 Å². The first-order chi connectivity index (χ1) is 13.7. The molecule has 5 nitrogen and oxygen atoms in total. The van der Waals surface area contributed by atoms with Crippen LogP contribution in [0.15, 0.2) is 58.3 Å². The first-order valence-corrected chi connectivity index (χ1v) is 10.5. The van der Waals surface area contributed by atoms with Crippen molar-refractivity contribution in [3.05, 3.63) is 69.6 Å². The maximum atomic E-state index is 12.7. The van der Waals surface area contributed by atoms with Gasteiger partial charge in [0.25, 0.3) is 5.91 Å². The minimum atomic E-state index is -0.229. The number of hydrogen-bond donors (Lipinski definition) is 1. The van der Waals surface area contributed by atoms with Gasteiger partial charge in [-0.25, -0.2) is 0 Å². The predicted molar refractivity (Wildman–Crippen MR) is 111 cm³/mol. The standard InChI is InChI=1S/C21H21ClN2O3S/c22-16-5-2-1-4-15(16)18-7-8-19(27-18)21(25)23-14-17(20-6-3-13-28-20)24-9-11-26-12-10-24/h1-8,13,17H,9-12,14H2,(H,23,25). The number of ether oxygens (including phenoxy) is 1. The molecule has 28 heavy (non-hydrogen) atoms. The number of carbonyl (C=O) groups is 1. The summed E-state index contributed by atoms with van der Waals surface area (Å²) < 4.78 is 11.2. The Hall–Kier alpha value is -2.12. The van der Waals surface area contributed by atoms with Gasteiger partial charge in [-0.2, -0.15) is 0 Å². The van der Waals surface area contributed by atoms with E-state index in [0.29, 0.717) is 17.3 Å². The van der Waals surface area contributed by atoms with Gasteiger partial charge in [-0.1, -0.05) is 29.8 Å². The van der Waals surface area contributed by atoms with Gasteiger partial charge in [0.1, 0.15) is 5.76 Å². The lowest BCUT2D eigenvalue weighted by molar-refractivity contribution is 0.0168. The zero-order valence-corrected chi connectivity index (χ0v) is 16.8. The summed E-state index contributed by atoms with van der Waals surface area (Å²) in [6, 6.07) is 15.2. The van der Waals surface area contributed by atoms with Crippen LogP contribution in [-0.2, 0) is 4.74 Å². The molecule has 1 unspecified atom stereocenters. The fourth-order valence-corrected chi connectivity index (χ4v) is 4.41. The van der Waals surface area contributed by atoms with Gasteiger partial charge in [0, 0.05) is 30.1 Å². The Labute approximate surface area is 172 Å². The molecule has 1 fully saturated rings. The largest absolute Gasteiger partial charge is 0.451 e. The Balaban J connectivity index is 1.45. The molecule has 1 aliphatic rings. The third kappa shape index (κ3) is 4.31. The van der Waals surface area contributed by atoms with Gasteiger partial charge in [0.15, 0.2) is 5.76 Å². The quantitative estimate of drug-likeness (QED) is 0.644. The highest BCUT2D eigenvalue weighted by Gasteiger charge is 2.24. The Morgan fingerprint density at radius 2 is 1.96 bits per heavy atom. The second-order valence-corrected chi connectivity index (χ2v) is 7.92. The molecule has 1 amide bonds. The van der Waals surface area contributed by atoms with E-state index in [2.05, 4.69) is 21.7 Å². The van der Waals surface area contributed by atoms with Crippen molar-refractivity contribution in [1.29, 1.82) is 0 Å². The van der Waals surface area contributed by atoms with Crippen molar-refractivity contribution in [2.24, 2.45) is 0 Å². The summed E-state index contributed by atoms with van der Waals surface area (Å²) in [5.74, 6) is 0.633. The summed E-state index contributed by atoms with van der Waals surface area (Å²) in [6.07, 6.45) is 0. The Morgan fingerprint density at radius 3 is 2.71 bits per heavy atom. The van der Waals surface area contributed by atoms with E-state index in [1.165, 1.54) is 4.88 Å². The molecule has 7 heteroatoms. The molecule has 146 valence electrons. The summed E-state index contributed by atoms with van der Waals surface area (Å²) in [6.45, 7) is 3.66. The highest BCUT2D eigenvalue weighted by atomic mass is 35.5. The molecule has 4 rings (SSSR count). The van der Waals surface area contributed by atoms with Crippen LogP contribution in [0.5, 0.6) is 0 Å². The van der Waals surface area contributed by atoms with Crippen LogP contribution in [0.3, 0.4) is 0 Å². The molecule has 1 saturated heterocycles. The molecule has 0 radical (unpaired) electrons. The van der Waals surface area contributed by atoms with Crippen LogP contribution in [0.25, 0.3) is 11.3 Å². The molecule has 3 aromatic rings. The minimum absolute atomic E-state index is 0.130. The molecule has 1 aromatic carbocycles. The van der Waals surface area contributed by atoms with Crippen molar-refractivity contribution >= 4 is 28.8 Å². The molecule has 1 aliphatic heterocycles. The monoisotopic (exact) mass is 416 g/mol. The maximum Gasteiger partial charge on any atom is 0.287 e.